The molecule has 0 unspecified atom stereocenters. The van der Waals surface area contributed by atoms with Crippen LogP contribution in [0.5, 0.6) is 0 Å². The van der Waals surface area contributed by atoms with Crippen molar-refractivity contribution in [2.24, 2.45) is 0 Å². The highest BCUT2D eigenvalue weighted by atomic mass is 79.9. The Balaban J connectivity index is 3.66. The first kappa shape index (κ1) is 11.4. The van der Waals surface area contributed by atoms with Gasteiger partial charge in [-0.1, -0.05) is 0 Å². The summed E-state index contributed by atoms with van der Waals surface area (Å²) in [6, 6.07) is 3.42. The van der Waals surface area contributed by atoms with Crippen molar-refractivity contribution in [3.05, 3.63) is 28.0 Å². The maximum atomic E-state index is 12.9. The Hall–Kier alpha value is -0.640. The monoisotopic (exact) mass is 297 g/mol. The fourth-order valence-electron chi connectivity index (χ4n) is 0.840. The van der Waals surface area contributed by atoms with Crippen molar-refractivity contribution in [3.63, 3.8) is 0 Å². The molecule has 0 bridgehead atoms. The van der Waals surface area contributed by atoms with Gasteiger partial charge in [0, 0.05) is 10.7 Å². The van der Waals surface area contributed by atoms with Gasteiger partial charge in [0.25, 0.3) is 9.05 Å². The summed E-state index contributed by atoms with van der Waals surface area (Å²) < 4.78 is 34.6. The van der Waals surface area contributed by atoms with E-state index in [0.29, 0.717) is 0 Å². The Morgan fingerprint density at radius 2 is 2.07 bits per heavy atom. The lowest BCUT2D eigenvalue weighted by atomic mass is 10.2. The third-order valence-corrected chi connectivity index (χ3v) is 3.57. The molecule has 0 spiro atoms. The molecule has 0 fully saturated rings. The predicted octanol–water partition coefficient (Wildman–Crippen LogP) is 2.39. The summed E-state index contributed by atoms with van der Waals surface area (Å²) >= 11 is 2.76. The molecule has 7 heteroatoms. The zero-order chi connectivity index (χ0) is 10.9. The van der Waals surface area contributed by atoms with E-state index in [1.54, 1.807) is 6.07 Å². The van der Waals surface area contributed by atoms with Crippen LogP contribution in [0.3, 0.4) is 0 Å². The number of hydrogen-bond acceptors (Lipinski definition) is 3. The Kier molecular flexibility index (Phi) is 3.14. The summed E-state index contributed by atoms with van der Waals surface area (Å²) in [7, 11) is 1.01. The number of hydrogen-bond donors (Lipinski definition) is 0. The average Bonchev–Trinajstić information content (AvgIpc) is 2.07. The molecule has 0 amide bonds. The van der Waals surface area contributed by atoms with Crippen LogP contribution in [0.25, 0.3) is 0 Å². The van der Waals surface area contributed by atoms with E-state index in [1.807, 2.05) is 0 Å². The van der Waals surface area contributed by atoms with Gasteiger partial charge in [-0.2, -0.15) is 5.26 Å². The van der Waals surface area contributed by atoms with Crippen molar-refractivity contribution in [3.8, 4) is 6.07 Å². The summed E-state index contributed by atoms with van der Waals surface area (Å²) in [5, 5.41) is 8.62. The molecule has 0 radical (unpaired) electrons. The molecule has 3 nitrogen and oxygen atoms in total. The van der Waals surface area contributed by atoms with Gasteiger partial charge in [0.1, 0.15) is 16.8 Å². The molecule has 1 aromatic rings. The predicted molar refractivity (Wildman–Crippen MR) is 51.9 cm³/mol. The summed E-state index contributed by atoms with van der Waals surface area (Å²) in [4.78, 5) is -0.407. The average molecular weight is 299 g/mol. The fourth-order valence-corrected chi connectivity index (χ4v) is 2.41. The fraction of sp³-hybridized carbons (Fsp3) is 0. The van der Waals surface area contributed by atoms with E-state index in [4.69, 9.17) is 15.9 Å². The van der Waals surface area contributed by atoms with E-state index in [-0.39, 0.29) is 10.0 Å². The van der Waals surface area contributed by atoms with E-state index in [9.17, 15) is 12.8 Å². The van der Waals surface area contributed by atoms with E-state index in [1.165, 1.54) is 0 Å². The highest BCUT2D eigenvalue weighted by Crippen LogP contribution is 2.28. The molecule has 0 saturated heterocycles. The van der Waals surface area contributed by atoms with Gasteiger partial charge in [0.05, 0.1) is 10.0 Å². The normalized spacial score (nSPS) is 11.0. The summed E-state index contributed by atoms with van der Waals surface area (Å²) in [6.45, 7) is 0. The second-order valence-corrected chi connectivity index (χ2v) is 5.61. The van der Waals surface area contributed by atoms with Crippen molar-refractivity contribution in [2.75, 3.05) is 0 Å². The van der Waals surface area contributed by atoms with Gasteiger partial charge in [0.2, 0.25) is 0 Å². The minimum Gasteiger partial charge on any atom is -0.207 e. The Morgan fingerprint density at radius 3 is 2.50 bits per heavy atom. The van der Waals surface area contributed by atoms with Crippen molar-refractivity contribution >= 4 is 35.7 Å². The first-order chi connectivity index (χ1) is 6.38. The third-order valence-electron chi connectivity index (χ3n) is 1.43. The van der Waals surface area contributed by atoms with Crippen LogP contribution in [0, 0.1) is 17.1 Å². The molecular weight excluding hydrogens is 297 g/mol. The van der Waals surface area contributed by atoms with E-state index in [0.717, 1.165) is 12.1 Å². The lowest BCUT2D eigenvalue weighted by Gasteiger charge is -2.02. The van der Waals surface area contributed by atoms with Gasteiger partial charge >= 0.3 is 0 Å². The van der Waals surface area contributed by atoms with Gasteiger partial charge in [-0.05, 0) is 28.1 Å². The second kappa shape index (κ2) is 3.85. The van der Waals surface area contributed by atoms with Crippen LogP contribution in [0.4, 0.5) is 4.39 Å². The first-order valence-electron chi connectivity index (χ1n) is 3.20. The molecule has 1 aromatic carbocycles. The van der Waals surface area contributed by atoms with Gasteiger partial charge in [-0.3, -0.25) is 0 Å². The zero-order valence-electron chi connectivity index (χ0n) is 6.46. The zero-order valence-corrected chi connectivity index (χ0v) is 9.62. The Labute approximate surface area is 92.7 Å². The third kappa shape index (κ3) is 2.05. The number of nitriles is 1. The van der Waals surface area contributed by atoms with E-state index < -0.39 is 19.8 Å². The molecule has 74 valence electrons. The second-order valence-electron chi connectivity index (χ2n) is 2.28. The lowest BCUT2D eigenvalue weighted by molar-refractivity contribution is 0.605. The summed E-state index contributed by atoms with van der Waals surface area (Å²) in [5.74, 6) is -0.717. The van der Waals surface area contributed by atoms with E-state index >= 15 is 0 Å². The topological polar surface area (TPSA) is 57.9 Å². The molecule has 14 heavy (non-hydrogen) atoms. The van der Waals surface area contributed by atoms with Crippen molar-refractivity contribution in [2.45, 2.75) is 4.90 Å². The van der Waals surface area contributed by atoms with Crippen LogP contribution in [-0.2, 0) is 9.05 Å². The Morgan fingerprint density at radius 1 is 1.50 bits per heavy atom. The standard InChI is InChI=1S/C7H2BrClFNO2S/c8-7-4(3-11)6(14(9,12)13)2-1-5(7)10/h1-2H. The van der Waals surface area contributed by atoms with Crippen LogP contribution < -0.4 is 0 Å². The summed E-state index contributed by atoms with van der Waals surface area (Å²) in [5.41, 5.74) is -0.333. The van der Waals surface area contributed by atoms with Crippen LogP contribution in [0.2, 0.25) is 0 Å². The number of rotatable bonds is 1. The maximum absolute atomic E-state index is 12.9. The molecule has 0 aliphatic heterocycles. The molecule has 0 N–H and O–H groups in total. The quantitative estimate of drug-likeness (QED) is 0.748. The molecule has 0 aliphatic rings. The molecule has 0 atom stereocenters. The largest absolute Gasteiger partial charge is 0.262 e. The number of halogens is 3. The smallest absolute Gasteiger partial charge is 0.207 e. The van der Waals surface area contributed by atoms with E-state index in [2.05, 4.69) is 15.9 Å². The molecular formula is C7H2BrClFNO2S. The van der Waals surface area contributed by atoms with Gasteiger partial charge < -0.3 is 0 Å². The Bertz CT molecular complexity index is 523. The number of nitrogens with zero attached hydrogens (tertiary/aromatic N) is 1. The van der Waals surface area contributed by atoms with Crippen LogP contribution in [0.1, 0.15) is 5.56 Å². The van der Waals surface area contributed by atoms with Crippen LogP contribution >= 0.6 is 26.6 Å². The van der Waals surface area contributed by atoms with Crippen molar-refractivity contribution in [1.82, 2.24) is 0 Å². The highest BCUT2D eigenvalue weighted by molar-refractivity contribution is 9.10. The first-order valence-corrected chi connectivity index (χ1v) is 6.31. The lowest BCUT2D eigenvalue weighted by Crippen LogP contribution is -1.97. The molecule has 0 aliphatic carbocycles. The van der Waals surface area contributed by atoms with Crippen molar-refractivity contribution in [1.29, 1.82) is 5.26 Å². The van der Waals surface area contributed by atoms with Gasteiger partial charge in [0.15, 0.2) is 0 Å². The van der Waals surface area contributed by atoms with Gasteiger partial charge in [-0.25, -0.2) is 12.8 Å². The maximum Gasteiger partial charge on any atom is 0.262 e. The van der Waals surface area contributed by atoms with Crippen LogP contribution in [0.15, 0.2) is 21.5 Å². The highest BCUT2D eigenvalue weighted by Gasteiger charge is 2.19. The van der Waals surface area contributed by atoms with Crippen molar-refractivity contribution < 1.29 is 12.8 Å². The minimum atomic E-state index is -4.03. The summed E-state index contributed by atoms with van der Waals surface area (Å²) in [6.07, 6.45) is 0. The SMILES string of the molecule is N#Cc1c(S(=O)(=O)Cl)ccc(F)c1Br. The molecule has 0 aromatic heterocycles. The molecule has 0 heterocycles. The number of benzene rings is 1. The minimum absolute atomic E-state index is 0.207. The molecule has 0 saturated carbocycles. The van der Waals surface area contributed by atoms with Crippen LogP contribution in [-0.4, -0.2) is 8.42 Å². The molecule has 1 rings (SSSR count). The van der Waals surface area contributed by atoms with Gasteiger partial charge in [-0.15, -0.1) is 0 Å².